The van der Waals surface area contributed by atoms with Crippen LogP contribution in [0.1, 0.15) is 50.5 Å². The van der Waals surface area contributed by atoms with Gasteiger partial charge in [0.25, 0.3) is 5.91 Å². The molecule has 0 bridgehead atoms. The SMILES string of the molecule is CC(C)C(NC(=O)c1ccc(C(C)(C)C)cc1)C(=O)N1CCN(c2ncnc3c2cnn3C)CC1. The van der Waals surface area contributed by atoms with Crippen LogP contribution >= 0.6 is 0 Å². The van der Waals surface area contributed by atoms with Crippen molar-refractivity contribution < 1.29 is 9.59 Å². The second-order valence-electron chi connectivity index (χ2n) is 10.5. The van der Waals surface area contributed by atoms with Gasteiger partial charge in [-0.25, -0.2) is 9.97 Å². The Hall–Kier alpha value is -3.49. The van der Waals surface area contributed by atoms with E-state index in [1.165, 1.54) is 0 Å². The van der Waals surface area contributed by atoms with E-state index < -0.39 is 6.04 Å². The molecule has 9 nitrogen and oxygen atoms in total. The van der Waals surface area contributed by atoms with E-state index in [0.717, 1.165) is 22.4 Å². The molecule has 2 amide bonds. The number of piperazine rings is 1. The number of carbonyl (C=O) groups is 2. The van der Waals surface area contributed by atoms with Gasteiger partial charge in [0, 0.05) is 38.8 Å². The maximum atomic E-state index is 13.4. The highest BCUT2D eigenvalue weighted by Crippen LogP contribution is 2.24. The van der Waals surface area contributed by atoms with Gasteiger partial charge in [-0.3, -0.25) is 14.3 Å². The number of benzene rings is 1. The van der Waals surface area contributed by atoms with Crippen LogP contribution in [0.4, 0.5) is 5.82 Å². The van der Waals surface area contributed by atoms with E-state index >= 15 is 0 Å². The normalized spacial score (nSPS) is 15.5. The lowest BCUT2D eigenvalue weighted by Crippen LogP contribution is -2.56. The van der Waals surface area contributed by atoms with Gasteiger partial charge in [0.05, 0.1) is 11.6 Å². The molecule has 1 aliphatic heterocycles. The molecule has 3 aromatic rings. The van der Waals surface area contributed by atoms with Crippen molar-refractivity contribution in [3.05, 3.63) is 47.9 Å². The highest BCUT2D eigenvalue weighted by molar-refractivity contribution is 5.97. The number of anilines is 1. The first-order chi connectivity index (χ1) is 16.6. The lowest BCUT2D eigenvalue weighted by atomic mass is 9.86. The van der Waals surface area contributed by atoms with Crippen molar-refractivity contribution in [3.63, 3.8) is 0 Å². The second kappa shape index (κ2) is 9.64. The van der Waals surface area contributed by atoms with Crippen molar-refractivity contribution in [1.82, 2.24) is 30.0 Å². The van der Waals surface area contributed by atoms with Crippen molar-refractivity contribution in [1.29, 1.82) is 0 Å². The summed E-state index contributed by atoms with van der Waals surface area (Å²) in [5, 5.41) is 8.17. The largest absolute Gasteiger partial charge is 0.352 e. The molecule has 0 saturated carbocycles. The monoisotopic (exact) mass is 477 g/mol. The molecule has 35 heavy (non-hydrogen) atoms. The lowest BCUT2D eigenvalue weighted by Gasteiger charge is -2.37. The second-order valence-corrected chi connectivity index (χ2v) is 10.5. The third kappa shape index (κ3) is 5.13. The molecule has 1 unspecified atom stereocenters. The van der Waals surface area contributed by atoms with E-state index in [9.17, 15) is 9.59 Å². The van der Waals surface area contributed by atoms with Gasteiger partial charge in [-0.1, -0.05) is 46.8 Å². The fraction of sp³-hybridized carbons (Fsp3) is 0.500. The summed E-state index contributed by atoms with van der Waals surface area (Å²) in [5.41, 5.74) is 2.52. The molecule has 3 heterocycles. The van der Waals surface area contributed by atoms with E-state index in [-0.39, 0.29) is 23.1 Å². The Morgan fingerprint density at radius 2 is 1.66 bits per heavy atom. The molecule has 1 N–H and O–H groups in total. The Balaban J connectivity index is 1.41. The van der Waals surface area contributed by atoms with Crippen molar-refractivity contribution in [2.75, 3.05) is 31.1 Å². The van der Waals surface area contributed by atoms with Gasteiger partial charge in [0.15, 0.2) is 5.65 Å². The fourth-order valence-corrected chi connectivity index (χ4v) is 4.40. The zero-order chi connectivity index (χ0) is 25.3. The summed E-state index contributed by atoms with van der Waals surface area (Å²) >= 11 is 0. The predicted octanol–water partition coefficient (Wildman–Crippen LogP) is 2.76. The minimum absolute atomic E-state index is 0.0160. The van der Waals surface area contributed by atoms with Crippen LogP contribution in [0, 0.1) is 5.92 Å². The molecule has 0 spiro atoms. The third-order valence-corrected chi connectivity index (χ3v) is 6.63. The topological polar surface area (TPSA) is 96.2 Å². The van der Waals surface area contributed by atoms with Gasteiger partial charge in [0.1, 0.15) is 18.2 Å². The van der Waals surface area contributed by atoms with Crippen LogP contribution in [0.15, 0.2) is 36.8 Å². The predicted molar refractivity (Wildman–Crippen MR) is 136 cm³/mol. The molecule has 1 fully saturated rings. The first-order valence-electron chi connectivity index (χ1n) is 12.1. The number of rotatable bonds is 5. The van der Waals surface area contributed by atoms with Crippen molar-refractivity contribution >= 4 is 28.7 Å². The molecule has 9 heteroatoms. The molecule has 1 aromatic carbocycles. The van der Waals surface area contributed by atoms with E-state index in [1.807, 2.05) is 50.1 Å². The van der Waals surface area contributed by atoms with Gasteiger partial charge >= 0.3 is 0 Å². The molecule has 1 aliphatic rings. The Kier molecular flexibility index (Phi) is 6.78. The molecule has 2 aromatic heterocycles. The molecule has 1 atom stereocenters. The summed E-state index contributed by atoms with van der Waals surface area (Å²) in [6.07, 6.45) is 3.33. The van der Waals surface area contributed by atoms with Crippen molar-refractivity contribution in [3.8, 4) is 0 Å². The molecular weight excluding hydrogens is 442 g/mol. The number of hydrogen-bond acceptors (Lipinski definition) is 6. The van der Waals surface area contributed by atoms with Crippen LogP contribution in [-0.4, -0.2) is 68.7 Å². The Morgan fingerprint density at radius 3 is 2.26 bits per heavy atom. The first-order valence-corrected chi connectivity index (χ1v) is 12.1. The minimum Gasteiger partial charge on any atom is -0.352 e. The molecule has 0 aliphatic carbocycles. The van der Waals surface area contributed by atoms with Gasteiger partial charge < -0.3 is 15.1 Å². The maximum Gasteiger partial charge on any atom is 0.251 e. The smallest absolute Gasteiger partial charge is 0.251 e. The van der Waals surface area contributed by atoms with E-state index in [1.54, 1.807) is 17.2 Å². The van der Waals surface area contributed by atoms with Crippen molar-refractivity contribution in [2.45, 2.75) is 46.1 Å². The number of fused-ring (bicyclic) bond motifs is 1. The molecule has 186 valence electrons. The number of nitrogens with zero attached hydrogens (tertiary/aromatic N) is 6. The number of aryl methyl sites for hydroxylation is 1. The Morgan fingerprint density at radius 1 is 1.00 bits per heavy atom. The van der Waals surface area contributed by atoms with Gasteiger partial charge in [0.2, 0.25) is 5.91 Å². The number of nitrogens with one attached hydrogen (secondary N) is 1. The molecular formula is C26H35N7O2. The summed E-state index contributed by atoms with van der Waals surface area (Å²) in [4.78, 5) is 39.1. The summed E-state index contributed by atoms with van der Waals surface area (Å²) in [6, 6.07) is 7.04. The average Bonchev–Trinajstić information content (AvgIpc) is 3.22. The van der Waals surface area contributed by atoms with Crippen LogP contribution in [0.2, 0.25) is 0 Å². The van der Waals surface area contributed by atoms with Crippen LogP contribution in [0.5, 0.6) is 0 Å². The summed E-state index contributed by atoms with van der Waals surface area (Å²) in [5.74, 6) is 0.530. The molecule has 1 saturated heterocycles. The Bertz CT molecular complexity index is 1200. The van der Waals surface area contributed by atoms with Gasteiger partial charge in [-0.05, 0) is 29.0 Å². The van der Waals surface area contributed by atoms with E-state index in [2.05, 4.69) is 46.1 Å². The number of carbonyl (C=O) groups excluding carboxylic acids is 2. The third-order valence-electron chi connectivity index (χ3n) is 6.63. The summed E-state index contributed by atoms with van der Waals surface area (Å²) < 4.78 is 1.73. The van der Waals surface area contributed by atoms with E-state index in [0.29, 0.717) is 31.7 Å². The van der Waals surface area contributed by atoms with Crippen LogP contribution in [0.25, 0.3) is 11.0 Å². The zero-order valence-electron chi connectivity index (χ0n) is 21.4. The highest BCUT2D eigenvalue weighted by Gasteiger charge is 2.31. The highest BCUT2D eigenvalue weighted by atomic mass is 16.2. The minimum atomic E-state index is -0.583. The van der Waals surface area contributed by atoms with Crippen LogP contribution < -0.4 is 10.2 Å². The zero-order valence-corrected chi connectivity index (χ0v) is 21.4. The first kappa shape index (κ1) is 24.6. The number of hydrogen-bond donors (Lipinski definition) is 1. The number of aromatic nitrogens is 4. The van der Waals surface area contributed by atoms with Crippen molar-refractivity contribution in [2.24, 2.45) is 13.0 Å². The molecule has 0 radical (unpaired) electrons. The quantitative estimate of drug-likeness (QED) is 0.607. The van der Waals surface area contributed by atoms with Gasteiger partial charge in [-0.15, -0.1) is 0 Å². The fourth-order valence-electron chi connectivity index (χ4n) is 4.40. The number of amides is 2. The summed E-state index contributed by atoms with van der Waals surface area (Å²) in [6.45, 7) is 12.8. The average molecular weight is 478 g/mol. The van der Waals surface area contributed by atoms with Gasteiger partial charge in [-0.2, -0.15) is 5.10 Å². The molecule has 4 rings (SSSR count). The maximum absolute atomic E-state index is 13.4. The van der Waals surface area contributed by atoms with Crippen LogP contribution in [-0.2, 0) is 17.3 Å². The van der Waals surface area contributed by atoms with Crippen LogP contribution in [0.3, 0.4) is 0 Å². The lowest BCUT2D eigenvalue weighted by molar-refractivity contribution is -0.134. The summed E-state index contributed by atoms with van der Waals surface area (Å²) in [7, 11) is 1.86. The standard InChI is InChI=1S/C26H35N7O2/c1-17(2)21(30-24(34)18-7-9-19(10-8-18)26(3,4)5)25(35)33-13-11-32(12-14-33)23-20-15-29-31(6)22(20)27-16-28-23/h7-10,15-17,21H,11-14H2,1-6H3,(H,30,34). The van der Waals surface area contributed by atoms with E-state index in [4.69, 9.17) is 0 Å². The Labute approximate surface area is 206 Å².